The number of imidazole rings is 2. The first kappa shape index (κ1) is 13.1. The largest absolute Gasteiger partial charge is 0.482 e. The lowest BCUT2D eigenvalue weighted by Crippen LogP contribution is -2.41. The molecule has 0 saturated carbocycles. The molecule has 103 valence electrons. The van der Waals surface area contributed by atoms with Gasteiger partial charge in [0.05, 0.1) is 0 Å². The Morgan fingerprint density at radius 2 is 1.45 bits per heavy atom. The van der Waals surface area contributed by atoms with Crippen molar-refractivity contribution in [3.63, 3.8) is 0 Å². The van der Waals surface area contributed by atoms with Crippen LogP contribution in [0, 0.1) is 9.54 Å². The van der Waals surface area contributed by atoms with E-state index in [9.17, 15) is 0 Å². The molecule has 3 aromatic rings. The fourth-order valence-electron chi connectivity index (χ4n) is 2.12. The summed E-state index contributed by atoms with van der Waals surface area (Å²) in [7, 11) is 3.60. The van der Waals surface area contributed by atoms with Crippen LogP contribution in [0.25, 0.3) is 0 Å². The molecule has 0 saturated heterocycles. The predicted octanol–water partition coefficient (Wildman–Crippen LogP) is 1.55. The molecule has 0 aliphatic rings. The Morgan fingerprint density at radius 1 is 0.900 bits per heavy atom. The average Bonchev–Trinajstić information content (AvgIpc) is 3.13. The van der Waals surface area contributed by atoms with Crippen molar-refractivity contribution in [3.05, 3.63) is 52.8 Å². The molecule has 0 aliphatic carbocycles. The van der Waals surface area contributed by atoms with E-state index in [1.165, 1.54) is 0 Å². The van der Waals surface area contributed by atoms with Gasteiger partial charge in [0.2, 0.25) is 7.12 Å². The van der Waals surface area contributed by atoms with Gasteiger partial charge in [0, 0.05) is 32.7 Å². The van der Waals surface area contributed by atoms with Crippen LogP contribution in [0.4, 0.5) is 0 Å². The first-order valence-electron chi connectivity index (χ1n) is 6.05. The standard InChI is InChI=1S/C11H13BN6S2/c1-14-6-8-16(10(14)19)12(18-5-3-4-13-18)17-9-7-15(2)11(17)20/h3-9H,1-2H3/q-1. The highest BCUT2D eigenvalue weighted by Gasteiger charge is 2.10. The van der Waals surface area contributed by atoms with Gasteiger partial charge in [0.15, 0.2) is 0 Å². The summed E-state index contributed by atoms with van der Waals surface area (Å²) in [6, 6.07) is 1.88. The molecular formula is C11H13BN6S2-. The number of hydrogen-bond donors (Lipinski definition) is 0. The van der Waals surface area contributed by atoms with E-state index >= 15 is 0 Å². The lowest BCUT2D eigenvalue weighted by atomic mass is 9.93. The first-order chi connectivity index (χ1) is 9.59. The van der Waals surface area contributed by atoms with Crippen molar-refractivity contribution in [2.75, 3.05) is 0 Å². The van der Waals surface area contributed by atoms with E-state index in [2.05, 4.69) is 5.10 Å². The summed E-state index contributed by atoms with van der Waals surface area (Å²) in [4.78, 5) is 0. The summed E-state index contributed by atoms with van der Waals surface area (Å²) >= 11 is 10.9. The SMILES string of the molecule is Cn1ccn([B-](n2cccn2)n2ccn(C)c2=S)c1=S. The molecule has 0 bridgehead atoms. The number of aromatic nitrogens is 6. The van der Waals surface area contributed by atoms with Crippen LogP contribution in [0.2, 0.25) is 0 Å². The van der Waals surface area contributed by atoms with Crippen LogP contribution in [0.1, 0.15) is 0 Å². The van der Waals surface area contributed by atoms with Gasteiger partial charge in [-0.1, -0.05) is 0 Å². The molecule has 20 heavy (non-hydrogen) atoms. The molecule has 0 N–H and O–H groups in total. The Kier molecular flexibility index (Phi) is 3.23. The smallest absolute Gasteiger partial charge is 0.227 e. The van der Waals surface area contributed by atoms with Crippen molar-refractivity contribution in [1.82, 2.24) is 27.8 Å². The van der Waals surface area contributed by atoms with E-state index in [4.69, 9.17) is 24.4 Å². The van der Waals surface area contributed by atoms with Crippen LogP contribution < -0.4 is 0 Å². The highest BCUT2D eigenvalue weighted by molar-refractivity contribution is 7.71. The Morgan fingerprint density at radius 3 is 1.80 bits per heavy atom. The first-order valence-corrected chi connectivity index (χ1v) is 6.87. The Balaban J connectivity index is 2.25. The Hall–Kier alpha value is -1.87. The van der Waals surface area contributed by atoms with Crippen LogP contribution in [0.15, 0.2) is 43.2 Å². The van der Waals surface area contributed by atoms with Gasteiger partial charge in [0.25, 0.3) is 0 Å². The van der Waals surface area contributed by atoms with E-state index in [-0.39, 0.29) is 7.12 Å². The summed E-state index contributed by atoms with van der Waals surface area (Å²) in [5.41, 5.74) is 0. The van der Waals surface area contributed by atoms with Gasteiger partial charge < -0.3 is 22.7 Å². The van der Waals surface area contributed by atoms with E-state index < -0.39 is 0 Å². The monoisotopic (exact) mass is 304 g/mol. The third-order valence-electron chi connectivity index (χ3n) is 3.21. The zero-order chi connectivity index (χ0) is 14.3. The zero-order valence-corrected chi connectivity index (χ0v) is 12.8. The lowest BCUT2D eigenvalue weighted by Gasteiger charge is -2.31. The van der Waals surface area contributed by atoms with Crippen molar-refractivity contribution >= 4 is 31.6 Å². The highest BCUT2D eigenvalue weighted by atomic mass is 32.1. The van der Waals surface area contributed by atoms with Crippen molar-refractivity contribution in [2.45, 2.75) is 0 Å². The molecule has 0 unspecified atom stereocenters. The van der Waals surface area contributed by atoms with Gasteiger partial charge in [0.1, 0.15) is 9.54 Å². The molecule has 3 aromatic heterocycles. The Labute approximate surface area is 126 Å². The topological polar surface area (TPSA) is 37.5 Å². The van der Waals surface area contributed by atoms with E-state index in [1.54, 1.807) is 6.20 Å². The third kappa shape index (κ3) is 1.99. The van der Waals surface area contributed by atoms with Crippen molar-refractivity contribution in [3.8, 4) is 0 Å². The van der Waals surface area contributed by atoms with Crippen LogP contribution in [0.3, 0.4) is 0 Å². The van der Waals surface area contributed by atoms with Gasteiger partial charge in [-0.3, -0.25) is 0 Å². The Bertz CT molecular complexity index is 783. The molecule has 0 atom stereocenters. The molecule has 0 spiro atoms. The normalized spacial score (nSPS) is 11.3. The van der Waals surface area contributed by atoms with Crippen molar-refractivity contribution in [1.29, 1.82) is 0 Å². The molecule has 6 nitrogen and oxygen atoms in total. The second-order valence-corrected chi connectivity index (χ2v) is 5.26. The maximum absolute atomic E-state index is 5.46. The number of hydrogen-bond acceptors (Lipinski definition) is 3. The zero-order valence-electron chi connectivity index (χ0n) is 11.1. The molecule has 3 rings (SSSR count). The number of rotatable bonds is 3. The number of nitrogens with zero attached hydrogens (tertiary/aromatic N) is 6. The average molecular weight is 304 g/mol. The second kappa shape index (κ2) is 4.91. The van der Waals surface area contributed by atoms with Gasteiger partial charge in [-0.25, -0.2) is 5.10 Å². The summed E-state index contributed by atoms with van der Waals surface area (Å²) in [6.07, 6.45) is 11.4. The molecular weight excluding hydrogens is 291 g/mol. The maximum Gasteiger partial charge on any atom is 0.227 e. The van der Waals surface area contributed by atoms with E-state index in [1.807, 2.05) is 73.8 Å². The quantitative estimate of drug-likeness (QED) is 0.544. The van der Waals surface area contributed by atoms with Crippen LogP contribution in [-0.2, 0) is 14.1 Å². The van der Waals surface area contributed by atoms with Crippen LogP contribution in [0.5, 0.6) is 0 Å². The molecule has 9 heteroatoms. The fourth-order valence-corrected chi connectivity index (χ4v) is 2.55. The maximum atomic E-state index is 5.46. The fraction of sp³-hybridized carbons (Fsp3) is 0.182. The summed E-state index contributed by atoms with van der Waals surface area (Å²) in [5, 5.41) is 4.33. The molecule has 0 fully saturated rings. The minimum Gasteiger partial charge on any atom is -0.482 e. The minimum absolute atomic E-state index is 0.243. The van der Waals surface area contributed by atoms with Crippen molar-refractivity contribution < 1.29 is 0 Å². The lowest BCUT2D eigenvalue weighted by molar-refractivity contribution is 0.807. The molecule has 3 heterocycles. The molecule has 0 aromatic carbocycles. The number of aryl methyl sites for hydroxylation is 2. The van der Waals surface area contributed by atoms with E-state index in [0.29, 0.717) is 9.54 Å². The second-order valence-electron chi connectivity index (χ2n) is 4.53. The summed E-state index contributed by atoms with van der Waals surface area (Å²) in [5.74, 6) is 0. The van der Waals surface area contributed by atoms with Gasteiger partial charge >= 0.3 is 0 Å². The third-order valence-corrected chi connectivity index (χ3v) is 4.20. The summed E-state index contributed by atoms with van der Waals surface area (Å²) in [6.45, 7) is 0. The molecule has 0 amide bonds. The van der Waals surface area contributed by atoms with Crippen LogP contribution >= 0.6 is 24.4 Å². The van der Waals surface area contributed by atoms with Crippen LogP contribution in [-0.4, -0.2) is 34.9 Å². The molecule has 1 radical (unpaired) electrons. The van der Waals surface area contributed by atoms with Gasteiger partial charge in [-0.05, 0) is 49.1 Å². The van der Waals surface area contributed by atoms with E-state index in [0.717, 1.165) is 0 Å². The highest BCUT2D eigenvalue weighted by Crippen LogP contribution is 2.05. The van der Waals surface area contributed by atoms with Crippen molar-refractivity contribution in [2.24, 2.45) is 14.1 Å². The molecule has 0 aliphatic heterocycles. The summed E-state index contributed by atoms with van der Waals surface area (Å²) < 4.78 is 10.9. The predicted molar refractivity (Wildman–Crippen MR) is 82.6 cm³/mol. The van der Waals surface area contributed by atoms with Gasteiger partial charge in [-0.15, -0.1) is 0 Å². The van der Waals surface area contributed by atoms with Gasteiger partial charge in [-0.2, -0.15) is 0 Å². The minimum atomic E-state index is -0.243.